The lowest BCUT2D eigenvalue weighted by Crippen LogP contribution is -2.61. The minimum absolute atomic E-state index is 0.187. The number of rotatable bonds is 5. The molecule has 0 spiro atoms. The van der Waals surface area contributed by atoms with E-state index >= 15 is 0 Å². The van der Waals surface area contributed by atoms with Gasteiger partial charge in [-0.25, -0.2) is 8.42 Å². The highest BCUT2D eigenvalue weighted by Gasteiger charge is 2.45. The molecule has 4 aromatic rings. The van der Waals surface area contributed by atoms with Gasteiger partial charge in [-0.15, -0.1) is 0 Å². The van der Waals surface area contributed by atoms with E-state index in [1.54, 1.807) is 53.6 Å². The summed E-state index contributed by atoms with van der Waals surface area (Å²) in [5.74, 6) is -0.376. The minimum Gasteiger partial charge on any atom is -0.381 e. The zero-order valence-electron chi connectivity index (χ0n) is 18.7. The number of benzene rings is 3. The van der Waals surface area contributed by atoms with E-state index in [0.717, 1.165) is 16.5 Å². The number of sulfone groups is 1. The number of likely N-dealkylation sites (tertiary alicyclic amines) is 1. The summed E-state index contributed by atoms with van der Waals surface area (Å²) >= 11 is 0. The standard InChI is InChI=1S/C27H24N2O4S/c1-19-6-2-3-9-23(19)27(31)17-29(18-27)26(30)22-13-11-20(12-14-22)16-34(32,33)24-10-4-7-21-8-5-15-28-25(21)24/h2-15,31H,16-18H2,1H3. The van der Waals surface area contributed by atoms with Gasteiger partial charge in [0, 0.05) is 17.1 Å². The average Bonchev–Trinajstić information content (AvgIpc) is 2.82. The van der Waals surface area contributed by atoms with Gasteiger partial charge in [-0.2, -0.15) is 0 Å². The monoisotopic (exact) mass is 472 g/mol. The topological polar surface area (TPSA) is 87.6 Å². The Morgan fingerprint density at radius 1 is 0.971 bits per heavy atom. The number of amides is 1. The molecule has 1 amide bonds. The number of carbonyl (C=O) groups excluding carboxylic acids is 1. The van der Waals surface area contributed by atoms with Gasteiger partial charge in [0.2, 0.25) is 0 Å². The molecule has 0 radical (unpaired) electrons. The number of hydrogen-bond donors (Lipinski definition) is 1. The summed E-state index contributed by atoms with van der Waals surface area (Å²) in [7, 11) is -3.62. The number of aromatic nitrogens is 1. The van der Waals surface area contributed by atoms with Crippen LogP contribution in [-0.2, 0) is 21.2 Å². The van der Waals surface area contributed by atoms with Gasteiger partial charge in [0.25, 0.3) is 5.91 Å². The van der Waals surface area contributed by atoms with Crippen LogP contribution in [0.15, 0.2) is 90.0 Å². The average molecular weight is 473 g/mol. The van der Waals surface area contributed by atoms with Crippen LogP contribution in [0.25, 0.3) is 10.9 Å². The van der Waals surface area contributed by atoms with Crippen molar-refractivity contribution in [2.75, 3.05) is 13.1 Å². The fourth-order valence-electron chi connectivity index (χ4n) is 4.54. The van der Waals surface area contributed by atoms with Crippen LogP contribution in [-0.4, -0.2) is 42.4 Å². The van der Waals surface area contributed by atoms with Crippen molar-refractivity contribution in [3.8, 4) is 0 Å². The van der Waals surface area contributed by atoms with Crippen molar-refractivity contribution in [1.82, 2.24) is 9.88 Å². The van der Waals surface area contributed by atoms with Crippen LogP contribution in [0, 0.1) is 6.92 Å². The fraction of sp³-hybridized carbons (Fsp3) is 0.185. The zero-order chi connectivity index (χ0) is 23.9. The van der Waals surface area contributed by atoms with Crippen LogP contribution >= 0.6 is 0 Å². The third-order valence-corrected chi connectivity index (χ3v) is 8.04. The van der Waals surface area contributed by atoms with Gasteiger partial charge in [-0.05, 0) is 47.9 Å². The summed E-state index contributed by atoms with van der Waals surface area (Å²) in [6, 6.07) is 23.0. The largest absolute Gasteiger partial charge is 0.381 e. The number of para-hydroxylation sites is 1. The summed E-state index contributed by atoms with van der Waals surface area (Å²) in [5, 5.41) is 11.7. The van der Waals surface area contributed by atoms with Crippen LogP contribution in [0.2, 0.25) is 0 Å². The molecule has 1 aliphatic rings. The van der Waals surface area contributed by atoms with E-state index in [1.807, 2.05) is 43.3 Å². The van der Waals surface area contributed by atoms with Crippen molar-refractivity contribution in [3.05, 3.63) is 107 Å². The van der Waals surface area contributed by atoms with Crippen molar-refractivity contribution in [2.24, 2.45) is 0 Å². The second kappa shape index (κ2) is 8.34. The highest BCUT2D eigenvalue weighted by atomic mass is 32.2. The summed E-state index contributed by atoms with van der Waals surface area (Å²) in [6.07, 6.45) is 1.58. The molecule has 1 aromatic heterocycles. The fourth-order valence-corrected chi connectivity index (χ4v) is 6.08. The van der Waals surface area contributed by atoms with E-state index in [4.69, 9.17) is 0 Å². The number of nitrogens with zero attached hydrogens (tertiary/aromatic N) is 2. The van der Waals surface area contributed by atoms with Crippen LogP contribution in [0.1, 0.15) is 27.0 Å². The number of carbonyl (C=O) groups is 1. The Balaban J connectivity index is 1.30. The Hall–Kier alpha value is -3.55. The number of hydrogen-bond acceptors (Lipinski definition) is 5. The molecule has 0 aliphatic carbocycles. The predicted molar refractivity (Wildman–Crippen MR) is 130 cm³/mol. The van der Waals surface area contributed by atoms with E-state index < -0.39 is 15.4 Å². The SMILES string of the molecule is Cc1ccccc1C1(O)CN(C(=O)c2ccc(CS(=O)(=O)c3cccc4cccnc34)cc2)C1. The van der Waals surface area contributed by atoms with Crippen LogP contribution in [0.3, 0.4) is 0 Å². The molecule has 1 fully saturated rings. The van der Waals surface area contributed by atoms with E-state index in [-0.39, 0.29) is 29.6 Å². The second-order valence-electron chi connectivity index (χ2n) is 8.79. The normalized spacial score (nSPS) is 15.2. The van der Waals surface area contributed by atoms with Crippen LogP contribution < -0.4 is 0 Å². The third-order valence-electron chi connectivity index (χ3n) is 6.33. The highest BCUT2D eigenvalue weighted by molar-refractivity contribution is 7.90. The van der Waals surface area contributed by atoms with Gasteiger partial charge >= 0.3 is 0 Å². The van der Waals surface area contributed by atoms with E-state index in [0.29, 0.717) is 16.6 Å². The van der Waals surface area contributed by atoms with Gasteiger partial charge in [0.1, 0.15) is 5.60 Å². The van der Waals surface area contributed by atoms with E-state index in [2.05, 4.69) is 4.98 Å². The number of aryl methyl sites for hydroxylation is 1. The van der Waals surface area contributed by atoms with Crippen LogP contribution in [0.4, 0.5) is 0 Å². The Kier molecular flexibility index (Phi) is 5.46. The lowest BCUT2D eigenvalue weighted by Gasteiger charge is -2.47. The number of fused-ring (bicyclic) bond motifs is 1. The van der Waals surface area contributed by atoms with Gasteiger partial charge in [0.05, 0.1) is 29.3 Å². The maximum Gasteiger partial charge on any atom is 0.254 e. The molecule has 2 heterocycles. The maximum atomic E-state index is 13.1. The predicted octanol–water partition coefficient (Wildman–Crippen LogP) is 3.86. The number of pyridine rings is 1. The Morgan fingerprint density at radius 3 is 2.41 bits per heavy atom. The molecular weight excluding hydrogens is 448 g/mol. The molecule has 0 bridgehead atoms. The Morgan fingerprint density at radius 2 is 1.68 bits per heavy atom. The summed E-state index contributed by atoms with van der Waals surface area (Å²) in [5.41, 5.74) is 2.29. The zero-order valence-corrected chi connectivity index (χ0v) is 19.5. The lowest BCUT2D eigenvalue weighted by molar-refractivity contribution is -0.0867. The van der Waals surface area contributed by atoms with Crippen molar-refractivity contribution in [1.29, 1.82) is 0 Å². The molecule has 1 N–H and O–H groups in total. The quantitative estimate of drug-likeness (QED) is 0.477. The molecule has 0 saturated carbocycles. The van der Waals surface area contributed by atoms with Gasteiger partial charge in [0.15, 0.2) is 9.84 Å². The van der Waals surface area contributed by atoms with Crippen molar-refractivity contribution >= 4 is 26.6 Å². The molecule has 7 heteroatoms. The van der Waals surface area contributed by atoms with Crippen LogP contribution in [0.5, 0.6) is 0 Å². The summed E-state index contributed by atoms with van der Waals surface area (Å²) < 4.78 is 26.2. The van der Waals surface area contributed by atoms with Gasteiger partial charge < -0.3 is 10.0 Å². The smallest absolute Gasteiger partial charge is 0.254 e. The van der Waals surface area contributed by atoms with Crippen molar-refractivity contribution < 1.29 is 18.3 Å². The first-order chi connectivity index (χ1) is 16.3. The Bertz CT molecular complexity index is 1490. The molecule has 1 saturated heterocycles. The molecule has 0 atom stereocenters. The first kappa shape index (κ1) is 22.3. The maximum absolute atomic E-state index is 13.1. The second-order valence-corrected chi connectivity index (χ2v) is 10.8. The number of aliphatic hydroxyl groups is 1. The number of β-amino-alcohol motifs (C(OH)–C–C–N with tert-alkyl or cyclic N) is 1. The van der Waals surface area contributed by atoms with Gasteiger partial charge in [-0.3, -0.25) is 9.78 Å². The molecule has 172 valence electrons. The third kappa shape index (κ3) is 3.97. The van der Waals surface area contributed by atoms with Gasteiger partial charge in [-0.1, -0.05) is 54.6 Å². The highest BCUT2D eigenvalue weighted by Crippen LogP contribution is 2.34. The minimum atomic E-state index is -3.62. The molecule has 5 rings (SSSR count). The first-order valence-corrected chi connectivity index (χ1v) is 12.7. The molecular formula is C27H24N2O4S. The van der Waals surface area contributed by atoms with Crippen molar-refractivity contribution in [3.63, 3.8) is 0 Å². The first-order valence-electron chi connectivity index (χ1n) is 11.0. The summed E-state index contributed by atoms with van der Waals surface area (Å²) in [4.78, 5) is 18.9. The summed E-state index contributed by atoms with van der Waals surface area (Å²) in [6.45, 7) is 2.39. The molecule has 0 unspecified atom stereocenters. The van der Waals surface area contributed by atoms with E-state index in [1.165, 1.54) is 0 Å². The Labute approximate surface area is 198 Å². The van der Waals surface area contributed by atoms with E-state index in [9.17, 15) is 18.3 Å². The molecule has 3 aromatic carbocycles. The lowest BCUT2D eigenvalue weighted by atomic mass is 9.83. The van der Waals surface area contributed by atoms with Crippen molar-refractivity contribution in [2.45, 2.75) is 23.2 Å². The molecule has 6 nitrogen and oxygen atoms in total. The molecule has 1 aliphatic heterocycles. The molecule has 34 heavy (non-hydrogen) atoms.